The molecule has 1 heterocycles. The molecule has 1 fully saturated rings. The van der Waals surface area contributed by atoms with Crippen molar-refractivity contribution in [2.24, 2.45) is 5.92 Å². The zero-order valence-corrected chi connectivity index (χ0v) is 11.5. The van der Waals surface area contributed by atoms with Crippen molar-refractivity contribution in [1.29, 1.82) is 0 Å². The molecule has 2 atom stereocenters. The normalized spacial score (nSPS) is 23.1. The van der Waals surface area contributed by atoms with E-state index in [4.69, 9.17) is 16.3 Å². The number of halogens is 1. The first-order valence-corrected chi connectivity index (χ1v) is 7.13. The molecule has 0 aliphatic carbocycles. The van der Waals surface area contributed by atoms with Crippen LogP contribution in [0.5, 0.6) is 0 Å². The Hall–Kier alpha value is -1.00. The van der Waals surface area contributed by atoms with Crippen LogP contribution in [0.15, 0.2) is 24.3 Å². The lowest BCUT2D eigenvalue weighted by atomic mass is 9.99. The smallest absolute Gasteiger partial charge is 0.317 e. The fourth-order valence-electron chi connectivity index (χ4n) is 1.90. The fraction of sp³-hybridized carbons (Fsp3) is 0.385. The molecular weight excluding hydrogens is 272 g/mol. The fourth-order valence-corrected chi connectivity index (χ4v) is 3.45. The summed E-state index contributed by atoms with van der Waals surface area (Å²) in [5.74, 6) is -0.659. The molecule has 2 rings (SSSR count). The van der Waals surface area contributed by atoms with E-state index in [1.165, 1.54) is 11.8 Å². The maximum atomic E-state index is 12.2. The van der Waals surface area contributed by atoms with Crippen LogP contribution in [0.4, 0.5) is 0 Å². The van der Waals surface area contributed by atoms with Crippen LogP contribution in [0.1, 0.15) is 17.7 Å². The van der Waals surface area contributed by atoms with Crippen LogP contribution in [0.25, 0.3) is 0 Å². The number of rotatable bonds is 3. The summed E-state index contributed by atoms with van der Waals surface area (Å²) in [5, 5.41) is 0.290. The molecule has 5 heteroatoms. The molecule has 0 radical (unpaired) electrons. The van der Waals surface area contributed by atoms with E-state index in [1.807, 2.05) is 12.1 Å². The Labute approximate surface area is 115 Å². The van der Waals surface area contributed by atoms with E-state index in [1.54, 1.807) is 19.1 Å². The molecule has 0 spiro atoms. The molecule has 0 aromatic heterocycles. The summed E-state index contributed by atoms with van der Waals surface area (Å²) in [4.78, 5) is 23.8. The molecule has 0 N–H and O–H groups in total. The number of ketones is 1. The molecule has 18 heavy (non-hydrogen) atoms. The number of ether oxygens (including phenoxy) is 1. The van der Waals surface area contributed by atoms with Gasteiger partial charge in [-0.1, -0.05) is 23.7 Å². The maximum Gasteiger partial charge on any atom is 0.317 e. The average molecular weight is 285 g/mol. The Bertz CT molecular complexity index is 475. The molecule has 1 aliphatic heterocycles. The minimum atomic E-state index is -0.640. The van der Waals surface area contributed by atoms with Crippen LogP contribution in [-0.2, 0) is 14.3 Å². The van der Waals surface area contributed by atoms with Gasteiger partial charge in [0.1, 0.15) is 5.92 Å². The Morgan fingerprint density at radius 1 is 1.56 bits per heavy atom. The topological polar surface area (TPSA) is 43.4 Å². The van der Waals surface area contributed by atoms with Crippen molar-refractivity contribution < 1.29 is 14.3 Å². The standard InChI is InChI=1S/C13H13ClO3S/c1-2-17-13(16)10-7-18-12(11(10)15)8-4-3-5-9(14)6-8/h3-6,10,12H,2,7H2,1H3. The van der Waals surface area contributed by atoms with Crippen molar-refractivity contribution in [3.8, 4) is 0 Å². The quantitative estimate of drug-likeness (QED) is 0.632. The summed E-state index contributed by atoms with van der Waals surface area (Å²) in [5.41, 5.74) is 0.851. The maximum absolute atomic E-state index is 12.2. The minimum absolute atomic E-state index is 0.0827. The predicted octanol–water partition coefficient (Wildman–Crippen LogP) is 2.88. The average Bonchev–Trinajstić information content (AvgIpc) is 2.71. The molecule has 1 aliphatic rings. The lowest BCUT2D eigenvalue weighted by Gasteiger charge is -2.09. The van der Waals surface area contributed by atoms with Gasteiger partial charge in [0.25, 0.3) is 0 Å². The lowest BCUT2D eigenvalue weighted by molar-refractivity contribution is -0.150. The lowest BCUT2D eigenvalue weighted by Crippen LogP contribution is -2.25. The van der Waals surface area contributed by atoms with Gasteiger partial charge in [0.05, 0.1) is 11.9 Å². The number of Topliss-reactive ketones (excluding diaryl/α,β-unsaturated/α-hetero) is 1. The molecular formula is C13H13ClO3S. The summed E-state index contributed by atoms with van der Waals surface area (Å²) >= 11 is 7.37. The van der Waals surface area contributed by atoms with Crippen LogP contribution in [0.2, 0.25) is 5.02 Å². The molecule has 96 valence electrons. The summed E-state index contributed by atoms with van der Waals surface area (Å²) in [7, 11) is 0. The van der Waals surface area contributed by atoms with Gasteiger partial charge < -0.3 is 4.74 Å². The van der Waals surface area contributed by atoms with Gasteiger partial charge in [-0.3, -0.25) is 9.59 Å². The van der Waals surface area contributed by atoms with Crippen molar-refractivity contribution in [3.05, 3.63) is 34.9 Å². The van der Waals surface area contributed by atoms with Crippen LogP contribution in [0.3, 0.4) is 0 Å². The third-order valence-corrected chi connectivity index (χ3v) is 4.35. The molecule has 0 bridgehead atoms. The van der Waals surface area contributed by atoms with E-state index in [-0.39, 0.29) is 11.0 Å². The van der Waals surface area contributed by atoms with Crippen LogP contribution in [-0.4, -0.2) is 24.1 Å². The summed E-state index contributed by atoms with van der Waals surface area (Å²) in [6, 6.07) is 7.20. The largest absolute Gasteiger partial charge is 0.465 e. The van der Waals surface area contributed by atoms with Gasteiger partial charge in [0, 0.05) is 10.8 Å². The first kappa shape index (κ1) is 13.4. The molecule has 1 aromatic carbocycles. The minimum Gasteiger partial charge on any atom is -0.465 e. The Morgan fingerprint density at radius 2 is 2.33 bits per heavy atom. The highest BCUT2D eigenvalue weighted by atomic mass is 35.5. The van der Waals surface area contributed by atoms with E-state index < -0.39 is 11.9 Å². The third-order valence-electron chi connectivity index (χ3n) is 2.75. The van der Waals surface area contributed by atoms with Gasteiger partial charge >= 0.3 is 5.97 Å². The SMILES string of the molecule is CCOC(=O)C1CSC(c2cccc(Cl)c2)C1=O. The first-order chi connectivity index (χ1) is 8.63. The van der Waals surface area contributed by atoms with Gasteiger partial charge in [-0.25, -0.2) is 0 Å². The molecule has 0 saturated carbocycles. The zero-order valence-electron chi connectivity index (χ0n) is 9.89. The van der Waals surface area contributed by atoms with Crippen molar-refractivity contribution in [2.75, 3.05) is 12.4 Å². The molecule has 2 unspecified atom stereocenters. The van der Waals surface area contributed by atoms with E-state index >= 15 is 0 Å². The number of thioether (sulfide) groups is 1. The van der Waals surface area contributed by atoms with Crippen LogP contribution >= 0.6 is 23.4 Å². The van der Waals surface area contributed by atoms with E-state index in [0.29, 0.717) is 17.4 Å². The van der Waals surface area contributed by atoms with Gasteiger partial charge in [-0.05, 0) is 24.6 Å². The number of carbonyl (C=O) groups excluding carboxylic acids is 2. The summed E-state index contributed by atoms with van der Waals surface area (Å²) < 4.78 is 4.90. The highest BCUT2D eigenvalue weighted by Gasteiger charge is 2.41. The molecule has 1 saturated heterocycles. The van der Waals surface area contributed by atoms with Crippen molar-refractivity contribution >= 4 is 35.1 Å². The monoisotopic (exact) mass is 284 g/mol. The van der Waals surface area contributed by atoms with Crippen molar-refractivity contribution in [1.82, 2.24) is 0 Å². The molecule has 3 nitrogen and oxygen atoms in total. The van der Waals surface area contributed by atoms with E-state index in [0.717, 1.165) is 5.56 Å². The predicted molar refractivity (Wildman–Crippen MR) is 71.8 cm³/mol. The number of hydrogen-bond donors (Lipinski definition) is 0. The Balaban J connectivity index is 2.14. The van der Waals surface area contributed by atoms with Gasteiger partial charge in [0.15, 0.2) is 5.78 Å². The zero-order chi connectivity index (χ0) is 13.1. The van der Waals surface area contributed by atoms with Gasteiger partial charge in [-0.2, -0.15) is 0 Å². The van der Waals surface area contributed by atoms with Crippen LogP contribution in [0, 0.1) is 5.92 Å². The second-order valence-corrected chi connectivity index (χ2v) is 5.55. The Morgan fingerprint density at radius 3 is 3.00 bits per heavy atom. The Kier molecular flexibility index (Phi) is 4.30. The first-order valence-electron chi connectivity index (χ1n) is 5.71. The van der Waals surface area contributed by atoms with Crippen molar-refractivity contribution in [2.45, 2.75) is 12.2 Å². The number of benzene rings is 1. The van der Waals surface area contributed by atoms with Gasteiger partial charge in [-0.15, -0.1) is 11.8 Å². The third kappa shape index (κ3) is 2.70. The number of esters is 1. The van der Waals surface area contributed by atoms with Gasteiger partial charge in [0.2, 0.25) is 0 Å². The number of hydrogen-bond acceptors (Lipinski definition) is 4. The van der Waals surface area contributed by atoms with E-state index in [9.17, 15) is 9.59 Å². The summed E-state index contributed by atoms with van der Waals surface area (Å²) in [6.45, 7) is 2.04. The second-order valence-electron chi connectivity index (χ2n) is 3.98. The highest BCUT2D eigenvalue weighted by Crippen LogP contribution is 2.41. The second kappa shape index (κ2) is 5.76. The molecule has 0 amide bonds. The van der Waals surface area contributed by atoms with E-state index in [2.05, 4.69) is 0 Å². The molecule has 1 aromatic rings. The number of carbonyl (C=O) groups is 2. The highest BCUT2D eigenvalue weighted by molar-refractivity contribution is 8.00. The summed E-state index contributed by atoms with van der Waals surface area (Å²) in [6.07, 6.45) is 0. The van der Waals surface area contributed by atoms with Crippen molar-refractivity contribution in [3.63, 3.8) is 0 Å². The van der Waals surface area contributed by atoms with Crippen LogP contribution < -0.4 is 0 Å².